The first kappa shape index (κ1) is 12.1. The van der Waals surface area contributed by atoms with Crippen molar-refractivity contribution in [1.82, 2.24) is 4.98 Å². The number of anilines is 2. The van der Waals surface area contributed by atoms with Crippen LogP contribution in [0.4, 0.5) is 15.9 Å². The van der Waals surface area contributed by atoms with E-state index in [0.717, 1.165) is 5.56 Å². The average molecular weight is 271 g/mol. The molecule has 1 aromatic heterocycles. The van der Waals surface area contributed by atoms with E-state index >= 15 is 0 Å². The molecule has 0 saturated carbocycles. The van der Waals surface area contributed by atoms with Crippen LogP contribution in [0.3, 0.4) is 0 Å². The molecule has 1 aromatic carbocycles. The molecule has 1 heterocycles. The highest BCUT2D eigenvalue weighted by molar-refractivity contribution is 6.31. The van der Waals surface area contributed by atoms with Crippen molar-refractivity contribution < 1.29 is 4.39 Å². The fraction of sp³-hybridized carbons (Fsp3) is 0.0833. The van der Waals surface area contributed by atoms with Crippen LogP contribution in [-0.2, 0) is 0 Å². The van der Waals surface area contributed by atoms with E-state index in [1.165, 1.54) is 12.3 Å². The molecule has 0 aliphatic heterocycles. The van der Waals surface area contributed by atoms with Crippen LogP contribution in [0.5, 0.6) is 0 Å². The number of aryl methyl sites for hydroxylation is 1. The molecule has 0 aliphatic carbocycles. The Morgan fingerprint density at radius 2 is 1.94 bits per heavy atom. The summed E-state index contributed by atoms with van der Waals surface area (Å²) < 4.78 is 13.5. The fourth-order valence-electron chi connectivity index (χ4n) is 1.36. The van der Waals surface area contributed by atoms with Crippen LogP contribution in [0.2, 0.25) is 10.0 Å². The van der Waals surface area contributed by atoms with Gasteiger partial charge in [-0.2, -0.15) is 0 Å². The van der Waals surface area contributed by atoms with Gasteiger partial charge in [0.25, 0.3) is 0 Å². The SMILES string of the molecule is Cc1ccc(Cl)cc1Nc1ncc(Cl)cc1F. The van der Waals surface area contributed by atoms with Crippen LogP contribution in [0.25, 0.3) is 0 Å². The van der Waals surface area contributed by atoms with E-state index in [2.05, 4.69) is 10.3 Å². The van der Waals surface area contributed by atoms with Gasteiger partial charge in [-0.25, -0.2) is 9.37 Å². The van der Waals surface area contributed by atoms with E-state index in [-0.39, 0.29) is 10.8 Å². The molecule has 17 heavy (non-hydrogen) atoms. The number of pyridine rings is 1. The average Bonchev–Trinajstić information content (AvgIpc) is 2.27. The molecule has 0 saturated heterocycles. The number of nitrogens with one attached hydrogen (secondary N) is 1. The van der Waals surface area contributed by atoms with E-state index in [4.69, 9.17) is 23.2 Å². The number of aromatic nitrogens is 1. The van der Waals surface area contributed by atoms with Gasteiger partial charge in [-0.15, -0.1) is 0 Å². The maximum absolute atomic E-state index is 13.5. The minimum atomic E-state index is -0.503. The minimum Gasteiger partial charge on any atom is -0.338 e. The highest BCUT2D eigenvalue weighted by atomic mass is 35.5. The van der Waals surface area contributed by atoms with E-state index in [0.29, 0.717) is 10.7 Å². The third kappa shape index (κ3) is 2.87. The van der Waals surface area contributed by atoms with E-state index in [1.807, 2.05) is 13.0 Å². The van der Waals surface area contributed by atoms with E-state index < -0.39 is 5.82 Å². The van der Waals surface area contributed by atoms with Gasteiger partial charge in [0, 0.05) is 16.9 Å². The third-order valence-electron chi connectivity index (χ3n) is 2.26. The van der Waals surface area contributed by atoms with Gasteiger partial charge in [-0.1, -0.05) is 29.3 Å². The van der Waals surface area contributed by atoms with Crippen molar-refractivity contribution in [2.45, 2.75) is 6.92 Å². The lowest BCUT2D eigenvalue weighted by Gasteiger charge is -2.09. The predicted molar refractivity (Wildman–Crippen MR) is 68.7 cm³/mol. The summed E-state index contributed by atoms with van der Waals surface area (Å²) in [7, 11) is 0. The van der Waals surface area contributed by atoms with Crippen LogP contribution in [0, 0.1) is 12.7 Å². The molecule has 2 nitrogen and oxygen atoms in total. The summed E-state index contributed by atoms with van der Waals surface area (Å²) in [6.07, 6.45) is 1.38. The topological polar surface area (TPSA) is 24.9 Å². The lowest BCUT2D eigenvalue weighted by Crippen LogP contribution is -1.98. The first-order valence-electron chi connectivity index (χ1n) is 4.90. The zero-order chi connectivity index (χ0) is 12.4. The number of rotatable bonds is 2. The normalized spacial score (nSPS) is 10.4. The first-order chi connectivity index (χ1) is 8.06. The van der Waals surface area contributed by atoms with Crippen molar-refractivity contribution in [3.05, 3.63) is 51.9 Å². The standard InChI is InChI=1S/C12H9Cl2FN2/c1-7-2-3-8(13)5-11(7)17-12-10(15)4-9(14)6-16-12/h2-6H,1H3,(H,16,17). The highest BCUT2D eigenvalue weighted by Crippen LogP contribution is 2.25. The fourth-order valence-corrected chi connectivity index (χ4v) is 1.68. The van der Waals surface area contributed by atoms with Crippen LogP contribution in [0.15, 0.2) is 30.5 Å². The Morgan fingerprint density at radius 1 is 1.18 bits per heavy atom. The van der Waals surface area contributed by atoms with Gasteiger partial charge in [0.15, 0.2) is 11.6 Å². The number of hydrogen-bond acceptors (Lipinski definition) is 2. The maximum Gasteiger partial charge on any atom is 0.167 e. The van der Waals surface area contributed by atoms with Crippen molar-refractivity contribution in [2.75, 3.05) is 5.32 Å². The number of benzene rings is 1. The Kier molecular flexibility index (Phi) is 3.50. The maximum atomic E-state index is 13.5. The molecule has 2 rings (SSSR count). The lowest BCUT2D eigenvalue weighted by molar-refractivity contribution is 0.626. The molecule has 0 atom stereocenters. The second kappa shape index (κ2) is 4.90. The Balaban J connectivity index is 2.34. The van der Waals surface area contributed by atoms with Gasteiger partial charge in [-0.05, 0) is 30.7 Å². The molecule has 88 valence electrons. The molecule has 1 N–H and O–H groups in total. The van der Waals surface area contributed by atoms with E-state index in [9.17, 15) is 4.39 Å². The van der Waals surface area contributed by atoms with Gasteiger partial charge in [0.1, 0.15) is 0 Å². The molecular formula is C12H9Cl2FN2. The quantitative estimate of drug-likeness (QED) is 0.864. The lowest BCUT2D eigenvalue weighted by atomic mass is 10.2. The summed E-state index contributed by atoms with van der Waals surface area (Å²) in [5, 5.41) is 3.72. The molecule has 0 radical (unpaired) electrons. The second-order valence-corrected chi connectivity index (χ2v) is 4.44. The number of nitrogens with zero attached hydrogens (tertiary/aromatic N) is 1. The molecule has 0 fully saturated rings. The molecular weight excluding hydrogens is 262 g/mol. The molecule has 0 bridgehead atoms. The highest BCUT2D eigenvalue weighted by Gasteiger charge is 2.06. The Bertz CT molecular complexity index is 558. The molecule has 5 heteroatoms. The number of halogens is 3. The predicted octanol–water partition coefficient (Wildman–Crippen LogP) is 4.58. The summed E-state index contributed by atoms with van der Waals surface area (Å²) in [4.78, 5) is 3.88. The summed E-state index contributed by atoms with van der Waals surface area (Å²) in [5.74, 6) is -0.378. The summed E-state index contributed by atoms with van der Waals surface area (Å²) in [5.41, 5.74) is 1.66. The molecule has 0 aliphatic rings. The van der Waals surface area contributed by atoms with Gasteiger partial charge < -0.3 is 5.32 Å². The molecule has 2 aromatic rings. The first-order valence-corrected chi connectivity index (χ1v) is 5.66. The van der Waals surface area contributed by atoms with Crippen molar-refractivity contribution in [3.8, 4) is 0 Å². The van der Waals surface area contributed by atoms with E-state index in [1.54, 1.807) is 12.1 Å². The Morgan fingerprint density at radius 3 is 2.65 bits per heavy atom. The van der Waals surface area contributed by atoms with Crippen molar-refractivity contribution in [2.24, 2.45) is 0 Å². The van der Waals surface area contributed by atoms with Gasteiger partial charge >= 0.3 is 0 Å². The Labute approximate surface area is 108 Å². The summed E-state index contributed by atoms with van der Waals surface area (Å²) >= 11 is 11.5. The minimum absolute atomic E-state index is 0.125. The molecule has 0 unspecified atom stereocenters. The van der Waals surface area contributed by atoms with Crippen LogP contribution in [0.1, 0.15) is 5.56 Å². The van der Waals surface area contributed by atoms with Crippen LogP contribution >= 0.6 is 23.2 Å². The molecule has 0 spiro atoms. The van der Waals surface area contributed by atoms with Gasteiger partial charge in [-0.3, -0.25) is 0 Å². The zero-order valence-electron chi connectivity index (χ0n) is 8.97. The smallest absolute Gasteiger partial charge is 0.167 e. The summed E-state index contributed by atoms with van der Waals surface area (Å²) in [6.45, 7) is 1.90. The van der Waals surface area contributed by atoms with Crippen molar-refractivity contribution in [1.29, 1.82) is 0 Å². The largest absolute Gasteiger partial charge is 0.338 e. The summed E-state index contributed by atoms with van der Waals surface area (Å²) in [6, 6.07) is 6.54. The van der Waals surface area contributed by atoms with Gasteiger partial charge in [0.05, 0.1) is 5.02 Å². The van der Waals surface area contributed by atoms with Crippen LogP contribution in [-0.4, -0.2) is 4.98 Å². The molecule has 0 amide bonds. The van der Waals surface area contributed by atoms with Crippen molar-refractivity contribution in [3.63, 3.8) is 0 Å². The second-order valence-electron chi connectivity index (χ2n) is 3.57. The Hall–Kier alpha value is -1.32. The van der Waals surface area contributed by atoms with Crippen molar-refractivity contribution >= 4 is 34.7 Å². The number of hydrogen-bond donors (Lipinski definition) is 1. The third-order valence-corrected chi connectivity index (χ3v) is 2.70. The van der Waals surface area contributed by atoms with Gasteiger partial charge in [0.2, 0.25) is 0 Å². The zero-order valence-corrected chi connectivity index (χ0v) is 10.5. The van der Waals surface area contributed by atoms with Crippen LogP contribution < -0.4 is 5.32 Å². The monoisotopic (exact) mass is 270 g/mol.